The van der Waals surface area contributed by atoms with Gasteiger partial charge in [-0.1, -0.05) is 15.5 Å². The van der Waals surface area contributed by atoms with Gasteiger partial charge < -0.3 is 9.45 Å². The number of rotatable bonds is 4. The lowest BCUT2D eigenvalue weighted by atomic mass is 10.1. The molecule has 4 heterocycles. The summed E-state index contributed by atoms with van der Waals surface area (Å²) in [7, 11) is -3.46. The van der Waals surface area contributed by atoms with Gasteiger partial charge in [0.2, 0.25) is 4.21 Å². The number of nitrogens with zero attached hydrogens (tertiary/aromatic N) is 5. The Morgan fingerprint density at radius 1 is 1.36 bits per heavy atom. The van der Waals surface area contributed by atoms with Crippen molar-refractivity contribution in [3.8, 4) is 0 Å². The monoisotopic (exact) mass is 378 g/mol. The van der Waals surface area contributed by atoms with Crippen molar-refractivity contribution >= 4 is 33.2 Å². The van der Waals surface area contributed by atoms with Gasteiger partial charge in [-0.25, -0.2) is 0 Å². The van der Waals surface area contributed by atoms with Crippen molar-refractivity contribution in [3.63, 3.8) is 0 Å². The molecule has 3 aromatic rings. The maximum atomic E-state index is 12.4. The van der Waals surface area contributed by atoms with Gasteiger partial charge in [0.15, 0.2) is 21.9 Å². The number of hydrogen-bond acceptors (Lipinski definition) is 7. The third kappa shape index (κ3) is 3.30. The van der Waals surface area contributed by atoms with Gasteiger partial charge in [0.05, 0.1) is 6.04 Å². The Labute approximate surface area is 150 Å². The second-order valence-electron chi connectivity index (χ2n) is 6.05. The molecule has 0 saturated carbocycles. The van der Waals surface area contributed by atoms with Crippen LogP contribution < -0.4 is 9.62 Å². The average molecular weight is 378 g/mol. The fourth-order valence-corrected chi connectivity index (χ4v) is 5.30. The molecule has 10 heteroatoms. The maximum absolute atomic E-state index is 12.4. The summed E-state index contributed by atoms with van der Waals surface area (Å²) in [6, 6.07) is 7.01. The van der Waals surface area contributed by atoms with E-state index in [9.17, 15) is 8.76 Å². The zero-order valence-electron chi connectivity index (χ0n) is 13.7. The minimum absolute atomic E-state index is 0.139. The highest BCUT2D eigenvalue weighted by Gasteiger charge is 2.30. The van der Waals surface area contributed by atoms with Crippen LogP contribution in [0.5, 0.6) is 0 Å². The minimum atomic E-state index is -3.46. The van der Waals surface area contributed by atoms with E-state index < -0.39 is 10.4 Å². The van der Waals surface area contributed by atoms with Crippen LogP contribution in [-0.2, 0) is 14.6 Å². The van der Waals surface area contributed by atoms with Gasteiger partial charge in [0.1, 0.15) is 5.82 Å². The summed E-state index contributed by atoms with van der Waals surface area (Å²) in [4.78, 5) is 2.10. The molecule has 1 aliphatic rings. The lowest BCUT2D eigenvalue weighted by Gasteiger charge is -2.33. The highest BCUT2D eigenvalue weighted by atomic mass is 32.3. The first-order valence-corrected chi connectivity index (χ1v) is 10.4. The van der Waals surface area contributed by atoms with Crippen molar-refractivity contribution < 1.29 is 8.76 Å². The second-order valence-corrected chi connectivity index (χ2v) is 8.94. The van der Waals surface area contributed by atoms with Gasteiger partial charge in [-0.3, -0.25) is 0 Å². The second kappa shape index (κ2) is 6.45. The number of aryl methyl sites for hydroxylation is 1. The Morgan fingerprint density at radius 2 is 2.24 bits per heavy atom. The molecule has 0 radical (unpaired) electrons. The van der Waals surface area contributed by atoms with Gasteiger partial charge in [-0.2, -0.15) is 4.52 Å². The number of fused-ring (bicyclic) bond motifs is 1. The molecule has 2 atom stereocenters. The van der Waals surface area contributed by atoms with Crippen LogP contribution in [0.1, 0.15) is 18.7 Å². The molecule has 8 nitrogen and oxygen atoms in total. The van der Waals surface area contributed by atoms with E-state index in [1.807, 2.05) is 19.1 Å². The van der Waals surface area contributed by atoms with Gasteiger partial charge in [0.25, 0.3) is 0 Å². The highest BCUT2D eigenvalue weighted by molar-refractivity contribution is 7.97. The normalized spacial score (nSPS) is 20.7. The van der Waals surface area contributed by atoms with Crippen LogP contribution in [0, 0.1) is 6.92 Å². The molecule has 1 aliphatic heterocycles. The van der Waals surface area contributed by atoms with Crippen molar-refractivity contribution in [2.75, 3.05) is 18.0 Å². The topological polar surface area (TPSA) is 98.5 Å². The van der Waals surface area contributed by atoms with E-state index in [2.05, 4.69) is 24.9 Å². The van der Waals surface area contributed by atoms with E-state index in [0.717, 1.165) is 31.0 Å². The third-order valence-corrected chi connectivity index (χ3v) is 7.15. The number of nitrogens with one attached hydrogen (secondary N) is 1. The number of piperidine rings is 1. The number of sulfonamides is 1. The van der Waals surface area contributed by atoms with E-state index in [1.165, 1.54) is 11.3 Å². The van der Waals surface area contributed by atoms with Crippen LogP contribution in [-0.4, -0.2) is 43.5 Å². The van der Waals surface area contributed by atoms with E-state index in [0.29, 0.717) is 16.4 Å². The van der Waals surface area contributed by atoms with E-state index in [4.69, 9.17) is 0 Å². The Morgan fingerprint density at radius 3 is 3.04 bits per heavy atom. The van der Waals surface area contributed by atoms with Crippen molar-refractivity contribution in [1.29, 1.82) is 0 Å². The van der Waals surface area contributed by atoms with Crippen LogP contribution in [0.3, 0.4) is 0 Å². The predicted molar refractivity (Wildman–Crippen MR) is 95.3 cm³/mol. The van der Waals surface area contributed by atoms with Crippen LogP contribution in [0.2, 0.25) is 0 Å². The Hall–Kier alpha value is -1.88. The fraction of sp³-hybridized carbons (Fsp3) is 0.400. The quantitative estimate of drug-likeness (QED) is 0.693. The zero-order valence-corrected chi connectivity index (χ0v) is 15.3. The summed E-state index contributed by atoms with van der Waals surface area (Å²) >= 11 is 1.23. The molecule has 2 unspecified atom stereocenters. The van der Waals surface area contributed by atoms with Crippen LogP contribution in [0.25, 0.3) is 5.65 Å². The molecule has 132 valence electrons. The molecular formula is C15H18N6O2S2. The average Bonchev–Trinajstić information content (AvgIpc) is 3.25. The molecule has 0 aromatic carbocycles. The molecule has 3 aromatic heterocycles. The largest absolute Gasteiger partial charge is 0.592 e. The van der Waals surface area contributed by atoms with Crippen LogP contribution >= 0.6 is 11.3 Å². The molecule has 4 rings (SSSR count). The smallest absolute Gasteiger partial charge is 0.228 e. The summed E-state index contributed by atoms with van der Waals surface area (Å²) in [6.07, 6.45) is 1.72. The summed E-state index contributed by atoms with van der Waals surface area (Å²) < 4.78 is 29.7. The van der Waals surface area contributed by atoms with Crippen LogP contribution in [0.15, 0.2) is 33.9 Å². The third-order valence-electron chi connectivity index (χ3n) is 4.23. The van der Waals surface area contributed by atoms with E-state index >= 15 is 0 Å². The molecule has 1 fully saturated rings. The summed E-state index contributed by atoms with van der Waals surface area (Å²) in [5.74, 6) is 1.53. The highest BCUT2D eigenvalue weighted by Crippen LogP contribution is 2.23. The molecule has 0 spiro atoms. The summed E-state index contributed by atoms with van der Waals surface area (Å²) in [6.45, 7) is 3.28. The van der Waals surface area contributed by atoms with Crippen molar-refractivity contribution in [3.05, 3.63) is 35.5 Å². The Bertz CT molecular complexity index is 925. The van der Waals surface area contributed by atoms with Gasteiger partial charge in [-0.05, 0) is 43.3 Å². The molecule has 1 saturated heterocycles. The van der Waals surface area contributed by atoms with Gasteiger partial charge in [0, 0.05) is 19.2 Å². The summed E-state index contributed by atoms with van der Waals surface area (Å²) in [5, 5.41) is 14.4. The first kappa shape index (κ1) is 16.6. The minimum Gasteiger partial charge on any atom is -0.592 e. The van der Waals surface area contributed by atoms with Crippen molar-refractivity contribution in [1.82, 2.24) is 24.5 Å². The number of aromatic nitrogens is 4. The lowest BCUT2D eigenvalue weighted by Crippen LogP contribution is -2.49. The molecular weight excluding hydrogens is 360 g/mol. The standard InChI is InChI=1S/C15H18N6O2S2/c1-11-16-17-13-6-7-14(18-21(11)13)20-8-2-4-12(10-20)19-25(22,23)15-5-3-9-24-15/h3,5-7,9,12H,2,4,8,10H2,1H3,(H-,19,22,23). The number of hydrogen-bond donors (Lipinski definition) is 1. The molecule has 0 aliphatic carbocycles. The molecule has 1 N–H and O–H groups in total. The lowest BCUT2D eigenvalue weighted by molar-refractivity contribution is 0.423. The molecule has 0 amide bonds. The fourth-order valence-electron chi connectivity index (χ4n) is 3.03. The van der Waals surface area contributed by atoms with E-state index in [1.54, 1.807) is 22.0 Å². The maximum Gasteiger partial charge on any atom is 0.228 e. The SMILES string of the molecule is Cc1nnc2ccc(N3CCCC(N[S+](=O)([O-])c4cccs4)C3)nn12. The Balaban J connectivity index is 1.52. The number of thiophene rings is 1. The van der Waals surface area contributed by atoms with Gasteiger partial charge in [-0.15, -0.1) is 20.0 Å². The first-order valence-electron chi connectivity index (χ1n) is 8.03. The van der Waals surface area contributed by atoms with Crippen LogP contribution in [0.4, 0.5) is 5.82 Å². The molecule has 0 bridgehead atoms. The van der Waals surface area contributed by atoms with Gasteiger partial charge >= 0.3 is 0 Å². The van der Waals surface area contributed by atoms with Crippen molar-refractivity contribution in [2.45, 2.75) is 30.0 Å². The van der Waals surface area contributed by atoms with E-state index in [-0.39, 0.29) is 6.04 Å². The first-order chi connectivity index (χ1) is 12.0. The molecule has 25 heavy (non-hydrogen) atoms. The number of anilines is 1. The zero-order chi connectivity index (χ0) is 17.4. The predicted octanol–water partition coefficient (Wildman–Crippen LogP) is 1.66. The summed E-state index contributed by atoms with van der Waals surface area (Å²) in [5.41, 5.74) is 0.702. The van der Waals surface area contributed by atoms with Crippen molar-refractivity contribution in [2.24, 2.45) is 0 Å². The Kier molecular flexibility index (Phi) is 4.28.